The molecule has 0 saturated carbocycles. The Hall–Kier alpha value is -1.34. The van der Waals surface area contributed by atoms with Crippen molar-refractivity contribution >= 4 is 28.3 Å². The first-order chi connectivity index (χ1) is 9.61. The summed E-state index contributed by atoms with van der Waals surface area (Å²) in [5.74, 6) is 0.436. The standard InChI is InChI=1S/C13H22N4O2S/c1-3-19-13(18)10-11(14)16-20-12(10)15-7-9-5-4-6-17(2)8-9/h9,15H,3-8H2,1-2H3,(H2,14,16). The summed E-state index contributed by atoms with van der Waals surface area (Å²) < 4.78 is 9.06. The molecule has 3 N–H and O–H groups in total. The van der Waals surface area contributed by atoms with Crippen LogP contribution in [0.4, 0.5) is 10.8 Å². The van der Waals surface area contributed by atoms with E-state index in [-0.39, 0.29) is 5.82 Å². The number of esters is 1. The Morgan fingerprint density at radius 3 is 3.15 bits per heavy atom. The molecule has 1 aromatic heterocycles. The van der Waals surface area contributed by atoms with Gasteiger partial charge >= 0.3 is 5.97 Å². The van der Waals surface area contributed by atoms with Gasteiger partial charge in [-0.25, -0.2) is 4.79 Å². The van der Waals surface area contributed by atoms with Crippen molar-refractivity contribution in [1.29, 1.82) is 0 Å². The summed E-state index contributed by atoms with van der Waals surface area (Å²) in [7, 11) is 2.14. The van der Waals surface area contributed by atoms with Gasteiger partial charge in [0.25, 0.3) is 0 Å². The highest BCUT2D eigenvalue weighted by molar-refractivity contribution is 7.11. The number of ether oxygens (including phenoxy) is 1. The smallest absolute Gasteiger partial charge is 0.344 e. The van der Waals surface area contributed by atoms with Gasteiger partial charge in [-0.3, -0.25) is 0 Å². The van der Waals surface area contributed by atoms with Crippen molar-refractivity contribution in [3.63, 3.8) is 0 Å². The molecule has 0 bridgehead atoms. The molecule has 7 heteroatoms. The van der Waals surface area contributed by atoms with Crippen LogP contribution in [0.2, 0.25) is 0 Å². The number of nitrogen functional groups attached to an aromatic ring is 1. The van der Waals surface area contributed by atoms with Crippen LogP contribution in [0.15, 0.2) is 0 Å². The Labute approximate surface area is 123 Å². The van der Waals surface area contributed by atoms with Crippen LogP contribution in [-0.4, -0.2) is 48.5 Å². The number of hydrogen-bond acceptors (Lipinski definition) is 7. The zero-order valence-corrected chi connectivity index (χ0v) is 12.8. The Morgan fingerprint density at radius 1 is 1.65 bits per heavy atom. The SMILES string of the molecule is CCOC(=O)c1c(N)nsc1NCC1CCCN(C)C1. The molecule has 0 spiro atoms. The van der Waals surface area contributed by atoms with E-state index in [1.165, 1.54) is 24.4 Å². The monoisotopic (exact) mass is 298 g/mol. The maximum absolute atomic E-state index is 11.9. The minimum Gasteiger partial charge on any atom is -0.462 e. The minimum atomic E-state index is -0.401. The highest BCUT2D eigenvalue weighted by Gasteiger charge is 2.22. The molecular formula is C13H22N4O2S. The van der Waals surface area contributed by atoms with Crippen LogP contribution < -0.4 is 11.1 Å². The van der Waals surface area contributed by atoms with Crippen molar-refractivity contribution in [2.24, 2.45) is 5.92 Å². The molecule has 1 aliphatic heterocycles. The zero-order chi connectivity index (χ0) is 14.5. The first-order valence-corrected chi connectivity index (χ1v) is 7.73. The number of carbonyl (C=O) groups excluding carboxylic acids is 1. The average Bonchev–Trinajstić information content (AvgIpc) is 2.78. The van der Waals surface area contributed by atoms with Crippen LogP contribution >= 0.6 is 11.5 Å². The van der Waals surface area contributed by atoms with Crippen molar-refractivity contribution < 1.29 is 9.53 Å². The van der Waals surface area contributed by atoms with Gasteiger partial charge in [0.2, 0.25) is 0 Å². The fourth-order valence-electron chi connectivity index (χ4n) is 2.50. The predicted molar refractivity (Wildman–Crippen MR) is 81.2 cm³/mol. The number of piperidine rings is 1. The molecule has 0 amide bonds. The van der Waals surface area contributed by atoms with Crippen LogP contribution in [0.25, 0.3) is 0 Å². The number of aromatic nitrogens is 1. The summed E-state index contributed by atoms with van der Waals surface area (Å²) in [6.45, 7) is 5.19. The maximum atomic E-state index is 11.9. The second-order valence-corrected chi connectivity index (χ2v) is 5.92. The number of rotatable bonds is 5. The Morgan fingerprint density at radius 2 is 2.45 bits per heavy atom. The molecule has 1 fully saturated rings. The molecule has 1 atom stereocenters. The predicted octanol–water partition coefficient (Wildman–Crippen LogP) is 1.66. The first kappa shape index (κ1) is 15.1. The summed E-state index contributed by atoms with van der Waals surface area (Å²) >= 11 is 1.22. The lowest BCUT2D eigenvalue weighted by Gasteiger charge is -2.29. The largest absolute Gasteiger partial charge is 0.462 e. The third-order valence-corrected chi connectivity index (χ3v) is 4.29. The normalized spacial score (nSPS) is 19.8. The van der Waals surface area contributed by atoms with Crippen LogP contribution in [-0.2, 0) is 4.74 Å². The first-order valence-electron chi connectivity index (χ1n) is 6.96. The lowest BCUT2D eigenvalue weighted by atomic mass is 9.98. The minimum absolute atomic E-state index is 0.247. The highest BCUT2D eigenvalue weighted by atomic mass is 32.1. The van der Waals surface area contributed by atoms with Crippen LogP contribution in [0.3, 0.4) is 0 Å². The molecule has 0 aromatic carbocycles. The molecular weight excluding hydrogens is 276 g/mol. The Bertz CT molecular complexity index is 463. The summed E-state index contributed by atoms with van der Waals surface area (Å²) in [5.41, 5.74) is 6.13. The fraction of sp³-hybridized carbons (Fsp3) is 0.692. The fourth-order valence-corrected chi connectivity index (χ4v) is 3.21. The Balaban J connectivity index is 1.97. The third kappa shape index (κ3) is 3.61. The molecule has 6 nitrogen and oxygen atoms in total. The molecule has 1 saturated heterocycles. The molecule has 2 heterocycles. The quantitative estimate of drug-likeness (QED) is 0.805. The third-order valence-electron chi connectivity index (χ3n) is 3.47. The van der Waals surface area contributed by atoms with E-state index < -0.39 is 5.97 Å². The van der Waals surface area contributed by atoms with E-state index >= 15 is 0 Å². The van der Waals surface area contributed by atoms with E-state index in [0.717, 1.165) is 19.6 Å². The van der Waals surface area contributed by atoms with Gasteiger partial charge in [0.15, 0.2) is 5.82 Å². The highest BCUT2D eigenvalue weighted by Crippen LogP contribution is 2.28. The van der Waals surface area contributed by atoms with Gasteiger partial charge in [-0.1, -0.05) is 0 Å². The molecule has 1 aliphatic rings. The van der Waals surface area contributed by atoms with Crippen LogP contribution in [0, 0.1) is 5.92 Å². The van der Waals surface area contributed by atoms with E-state index in [4.69, 9.17) is 10.5 Å². The number of nitrogens with one attached hydrogen (secondary N) is 1. The number of anilines is 2. The molecule has 1 unspecified atom stereocenters. The molecule has 112 valence electrons. The van der Waals surface area contributed by atoms with Crippen molar-refractivity contribution in [1.82, 2.24) is 9.27 Å². The summed E-state index contributed by atoms with van der Waals surface area (Å²) in [6.07, 6.45) is 2.43. The van der Waals surface area contributed by atoms with Gasteiger partial charge in [0, 0.05) is 13.1 Å². The zero-order valence-electron chi connectivity index (χ0n) is 12.0. The summed E-state index contributed by atoms with van der Waals surface area (Å²) in [5, 5.41) is 4.03. The summed E-state index contributed by atoms with van der Waals surface area (Å²) in [6, 6.07) is 0. The van der Waals surface area contributed by atoms with Crippen LogP contribution in [0.5, 0.6) is 0 Å². The lowest BCUT2D eigenvalue weighted by Crippen LogP contribution is -2.35. The second kappa shape index (κ2) is 6.90. The molecule has 1 aromatic rings. The molecule has 0 aliphatic carbocycles. The number of nitrogens with two attached hydrogens (primary N) is 1. The maximum Gasteiger partial charge on any atom is 0.344 e. The van der Waals surface area contributed by atoms with E-state index in [1.807, 2.05) is 0 Å². The Kier molecular flexibility index (Phi) is 5.19. The van der Waals surface area contributed by atoms with Gasteiger partial charge in [0.05, 0.1) is 6.61 Å². The van der Waals surface area contributed by atoms with Gasteiger partial charge in [-0.15, -0.1) is 0 Å². The molecule has 0 radical (unpaired) electrons. The molecule has 20 heavy (non-hydrogen) atoms. The van der Waals surface area contributed by atoms with Crippen molar-refractivity contribution in [2.75, 3.05) is 44.3 Å². The lowest BCUT2D eigenvalue weighted by molar-refractivity contribution is 0.0529. The summed E-state index contributed by atoms with van der Waals surface area (Å²) in [4.78, 5) is 14.2. The van der Waals surface area contributed by atoms with E-state index in [2.05, 4.69) is 21.6 Å². The number of hydrogen-bond donors (Lipinski definition) is 2. The van der Waals surface area contributed by atoms with Crippen molar-refractivity contribution in [2.45, 2.75) is 19.8 Å². The number of carbonyl (C=O) groups is 1. The van der Waals surface area contributed by atoms with Crippen molar-refractivity contribution in [3.05, 3.63) is 5.56 Å². The second-order valence-electron chi connectivity index (χ2n) is 5.14. The average molecular weight is 298 g/mol. The van der Waals surface area contributed by atoms with E-state index in [1.54, 1.807) is 6.92 Å². The van der Waals surface area contributed by atoms with Crippen LogP contribution in [0.1, 0.15) is 30.1 Å². The van der Waals surface area contributed by atoms with Gasteiger partial charge in [-0.05, 0) is 50.8 Å². The van der Waals surface area contributed by atoms with Crippen molar-refractivity contribution in [3.8, 4) is 0 Å². The van der Waals surface area contributed by atoms with E-state index in [0.29, 0.717) is 23.1 Å². The molecule has 2 rings (SSSR count). The van der Waals surface area contributed by atoms with Gasteiger partial charge < -0.3 is 20.7 Å². The number of likely N-dealkylation sites (tertiary alicyclic amines) is 1. The number of nitrogens with zero attached hydrogens (tertiary/aromatic N) is 2. The topological polar surface area (TPSA) is 80.5 Å². The van der Waals surface area contributed by atoms with E-state index in [9.17, 15) is 4.79 Å². The van der Waals surface area contributed by atoms with Gasteiger partial charge in [0.1, 0.15) is 10.6 Å². The van der Waals surface area contributed by atoms with Gasteiger partial charge in [-0.2, -0.15) is 4.37 Å².